The van der Waals surface area contributed by atoms with E-state index in [1.807, 2.05) is 20.8 Å². The number of aryl methyl sites for hydroxylation is 1. The second kappa shape index (κ2) is 5.19. The maximum atomic E-state index is 14.0. The molecule has 0 amide bonds. The predicted molar refractivity (Wildman–Crippen MR) is 75.6 cm³/mol. The van der Waals surface area contributed by atoms with E-state index in [2.05, 4.69) is 21.2 Å². The standard InChI is InChI=1S/C13H14BrClFNO/c1-6(2)17-5-10-7(3)11-12(16)9(15)4-8(14)13(11)18-10/h4,6,17H,5H2,1-3H3. The number of fused-ring (bicyclic) bond motifs is 1. The van der Waals surface area contributed by atoms with Crippen molar-refractivity contribution in [1.29, 1.82) is 0 Å². The zero-order valence-corrected chi connectivity index (χ0v) is 12.7. The molecule has 1 N–H and O–H groups in total. The van der Waals surface area contributed by atoms with Crippen molar-refractivity contribution in [3.8, 4) is 0 Å². The van der Waals surface area contributed by atoms with E-state index < -0.39 is 5.82 Å². The highest BCUT2D eigenvalue weighted by Gasteiger charge is 2.19. The molecule has 0 aliphatic rings. The SMILES string of the molecule is Cc1c(CNC(C)C)oc2c(Br)cc(Cl)c(F)c12. The topological polar surface area (TPSA) is 25.2 Å². The first-order valence-electron chi connectivity index (χ1n) is 5.70. The van der Waals surface area contributed by atoms with Gasteiger partial charge in [-0.1, -0.05) is 25.4 Å². The minimum Gasteiger partial charge on any atom is -0.458 e. The van der Waals surface area contributed by atoms with Gasteiger partial charge in [-0.3, -0.25) is 0 Å². The van der Waals surface area contributed by atoms with Gasteiger partial charge in [0.25, 0.3) is 0 Å². The van der Waals surface area contributed by atoms with Gasteiger partial charge < -0.3 is 9.73 Å². The van der Waals surface area contributed by atoms with Crippen LogP contribution in [0.3, 0.4) is 0 Å². The molecule has 0 saturated carbocycles. The molecule has 0 aliphatic carbocycles. The summed E-state index contributed by atoms with van der Waals surface area (Å²) in [5, 5.41) is 3.80. The third-order valence-electron chi connectivity index (χ3n) is 2.82. The highest BCUT2D eigenvalue weighted by atomic mass is 79.9. The van der Waals surface area contributed by atoms with Gasteiger partial charge in [0.15, 0.2) is 11.4 Å². The molecule has 0 fully saturated rings. The van der Waals surface area contributed by atoms with E-state index in [-0.39, 0.29) is 5.02 Å². The molecular weight excluding hydrogens is 321 g/mol. The van der Waals surface area contributed by atoms with Gasteiger partial charge in [-0.15, -0.1) is 0 Å². The lowest BCUT2D eigenvalue weighted by molar-refractivity contribution is 0.484. The van der Waals surface area contributed by atoms with Crippen molar-refractivity contribution in [1.82, 2.24) is 5.32 Å². The van der Waals surface area contributed by atoms with Gasteiger partial charge in [0.05, 0.1) is 21.4 Å². The van der Waals surface area contributed by atoms with Crippen LogP contribution in [0.5, 0.6) is 0 Å². The number of rotatable bonds is 3. The summed E-state index contributed by atoms with van der Waals surface area (Å²) in [4.78, 5) is 0. The highest BCUT2D eigenvalue weighted by molar-refractivity contribution is 9.10. The highest BCUT2D eigenvalue weighted by Crippen LogP contribution is 2.36. The van der Waals surface area contributed by atoms with Crippen LogP contribution in [-0.2, 0) is 6.54 Å². The summed E-state index contributed by atoms with van der Waals surface area (Å²) < 4.78 is 20.4. The lowest BCUT2D eigenvalue weighted by Crippen LogP contribution is -2.21. The first-order chi connectivity index (χ1) is 8.41. The Balaban J connectivity index is 2.56. The maximum Gasteiger partial charge on any atom is 0.153 e. The van der Waals surface area contributed by atoms with E-state index in [1.165, 1.54) is 6.07 Å². The first kappa shape index (κ1) is 13.8. The van der Waals surface area contributed by atoms with Crippen LogP contribution in [0.15, 0.2) is 15.0 Å². The number of hydrogen-bond donors (Lipinski definition) is 1. The van der Waals surface area contributed by atoms with Crippen LogP contribution in [0.4, 0.5) is 4.39 Å². The monoisotopic (exact) mass is 333 g/mol. The van der Waals surface area contributed by atoms with Crippen molar-refractivity contribution >= 4 is 38.5 Å². The van der Waals surface area contributed by atoms with Crippen LogP contribution in [0.1, 0.15) is 25.2 Å². The molecule has 2 rings (SSSR count). The second-order valence-electron chi connectivity index (χ2n) is 4.54. The van der Waals surface area contributed by atoms with Gasteiger partial charge in [0, 0.05) is 11.6 Å². The van der Waals surface area contributed by atoms with Gasteiger partial charge in [-0.25, -0.2) is 4.39 Å². The average Bonchev–Trinajstić information content (AvgIpc) is 2.62. The molecule has 2 nitrogen and oxygen atoms in total. The minimum atomic E-state index is -0.424. The van der Waals surface area contributed by atoms with E-state index in [0.717, 1.165) is 11.3 Å². The molecular formula is C13H14BrClFNO. The van der Waals surface area contributed by atoms with Gasteiger partial charge in [-0.2, -0.15) is 0 Å². The molecule has 0 bridgehead atoms. The molecule has 5 heteroatoms. The maximum absolute atomic E-state index is 14.0. The molecule has 1 aromatic heterocycles. The van der Waals surface area contributed by atoms with Crippen LogP contribution >= 0.6 is 27.5 Å². The largest absolute Gasteiger partial charge is 0.458 e. The fourth-order valence-corrected chi connectivity index (χ4v) is 2.66. The summed E-state index contributed by atoms with van der Waals surface area (Å²) in [6.07, 6.45) is 0. The van der Waals surface area contributed by atoms with Crippen LogP contribution in [0.25, 0.3) is 11.0 Å². The fraction of sp³-hybridized carbons (Fsp3) is 0.385. The summed E-state index contributed by atoms with van der Waals surface area (Å²) >= 11 is 9.18. The van der Waals surface area contributed by atoms with Crippen molar-refractivity contribution in [2.75, 3.05) is 0 Å². The van der Waals surface area contributed by atoms with Crippen LogP contribution in [0, 0.1) is 12.7 Å². The summed E-state index contributed by atoms with van der Waals surface area (Å²) in [6.45, 7) is 6.51. The summed E-state index contributed by atoms with van der Waals surface area (Å²) in [7, 11) is 0. The summed E-state index contributed by atoms with van der Waals surface area (Å²) in [6, 6.07) is 1.86. The van der Waals surface area contributed by atoms with Crippen molar-refractivity contribution in [2.45, 2.75) is 33.4 Å². The number of furan rings is 1. The molecule has 98 valence electrons. The predicted octanol–water partition coefficient (Wildman–Crippen LogP) is 4.79. The van der Waals surface area contributed by atoms with E-state index in [0.29, 0.717) is 28.0 Å². The lowest BCUT2D eigenvalue weighted by Gasteiger charge is -2.05. The van der Waals surface area contributed by atoms with Gasteiger partial charge >= 0.3 is 0 Å². The lowest BCUT2D eigenvalue weighted by atomic mass is 10.1. The van der Waals surface area contributed by atoms with E-state index >= 15 is 0 Å². The molecule has 2 aromatic rings. The van der Waals surface area contributed by atoms with Crippen molar-refractivity contribution < 1.29 is 8.81 Å². The molecule has 1 aromatic carbocycles. The zero-order valence-electron chi connectivity index (χ0n) is 10.4. The number of halogens is 3. The van der Waals surface area contributed by atoms with Crippen LogP contribution < -0.4 is 5.32 Å². The van der Waals surface area contributed by atoms with Crippen molar-refractivity contribution in [3.63, 3.8) is 0 Å². The summed E-state index contributed by atoms with van der Waals surface area (Å²) in [5.74, 6) is 0.312. The Morgan fingerprint density at radius 1 is 1.50 bits per heavy atom. The van der Waals surface area contributed by atoms with E-state index in [9.17, 15) is 4.39 Å². The second-order valence-corrected chi connectivity index (χ2v) is 5.81. The average molecular weight is 335 g/mol. The Kier molecular flexibility index (Phi) is 3.99. The molecule has 1 heterocycles. The molecule has 0 radical (unpaired) electrons. The van der Waals surface area contributed by atoms with Gasteiger partial charge in [0.1, 0.15) is 5.76 Å². The zero-order chi connectivity index (χ0) is 13.4. The molecule has 0 aliphatic heterocycles. The smallest absolute Gasteiger partial charge is 0.153 e. The fourth-order valence-electron chi connectivity index (χ4n) is 1.82. The van der Waals surface area contributed by atoms with Crippen molar-refractivity contribution in [3.05, 3.63) is 32.7 Å². The number of hydrogen-bond acceptors (Lipinski definition) is 2. The molecule has 0 unspecified atom stereocenters. The van der Waals surface area contributed by atoms with Crippen LogP contribution in [-0.4, -0.2) is 6.04 Å². The van der Waals surface area contributed by atoms with E-state index in [4.69, 9.17) is 16.0 Å². The normalized spacial score (nSPS) is 11.7. The molecule has 0 atom stereocenters. The molecule has 0 spiro atoms. The third-order valence-corrected chi connectivity index (χ3v) is 3.68. The Hall–Kier alpha value is -0.580. The number of benzene rings is 1. The Bertz CT molecular complexity index is 594. The summed E-state index contributed by atoms with van der Waals surface area (Å²) in [5.41, 5.74) is 1.30. The first-order valence-corrected chi connectivity index (χ1v) is 6.87. The van der Waals surface area contributed by atoms with Gasteiger partial charge in [0.2, 0.25) is 0 Å². The van der Waals surface area contributed by atoms with Crippen molar-refractivity contribution in [2.24, 2.45) is 0 Å². The Morgan fingerprint density at radius 2 is 2.17 bits per heavy atom. The minimum absolute atomic E-state index is 0.0987. The molecule has 0 saturated heterocycles. The van der Waals surface area contributed by atoms with Crippen LogP contribution in [0.2, 0.25) is 5.02 Å². The Labute approximate surface area is 119 Å². The Morgan fingerprint density at radius 3 is 2.78 bits per heavy atom. The van der Waals surface area contributed by atoms with E-state index in [1.54, 1.807) is 0 Å². The third kappa shape index (κ3) is 2.42. The molecule has 18 heavy (non-hydrogen) atoms. The quantitative estimate of drug-likeness (QED) is 0.816. The van der Waals surface area contributed by atoms with Gasteiger partial charge in [-0.05, 0) is 28.9 Å². The number of nitrogens with one attached hydrogen (secondary N) is 1.